The third-order valence-electron chi connectivity index (χ3n) is 12.0. The fourth-order valence-corrected chi connectivity index (χ4v) is 10.1. The van der Waals surface area contributed by atoms with Crippen molar-refractivity contribution >= 4 is 5.97 Å². The number of carbonyl (C=O) groups excluding carboxylic acids is 1. The first-order chi connectivity index (χ1) is 16.7. The molecule has 3 saturated heterocycles. The van der Waals surface area contributed by atoms with Gasteiger partial charge in [-0.1, -0.05) is 38.7 Å². The molecule has 5 heteroatoms. The van der Waals surface area contributed by atoms with Crippen molar-refractivity contribution in [2.45, 2.75) is 83.2 Å². The highest BCUT2D eigenvalue weighted by molar-refractivity contribution is 5.91. The number of fused-ring (bicyclic) bond motifs is 8. The van der Waals surface area contributed by atoms with E-state index < -0.39 is 11.4 Å². The number of ether oxygens (including phenoxy) is 4. The molecule has 9 atom stereocenters. The van der Waals surface area contributed by atoms with E-state index in [4.69, 9.17) is 18.9 Å². The van der Waals surface area contributed by atoms with Gasteiger partial charge in [0.25, 0.3) is 0 Å². The second-order valence-electron chi connectivity index (χ2n) is 13.1. The number of esters is 1. The zero-order chi connectivity index (χ0) is 24.2. The van der Waals surface area contributed by atoms with Crippen LogP contribution in [0.3, 0.4) is 0 Å². The standard InChI is InChI=1S/C30H40O5/c1-18-26(31)35-25-16-28(18,3)34-17-21(25)23-10-9-22-20-8-7-19-6-5-12-30(32-14-15-33-30)29(19,4)24(20)11-13-27(22,23)2/h5-7,20-25H,1,8-17H2,2-4H3/t20-,21-,22-,23+,24-,25+,27-,28+,29-/m0/s1. The molecule has 0 radical (unpaired) electrons. The summed E-state index contributed by atoms with van der Waals surface area (Å²) >= 11 is 0. The number of hydrogen-bond acceptors (Lipinski definition) is 5. The molecule has 3 aliphatic heterocycles. The predicted octanol–water partition coefficient (Wildman–Crippen LogP) is 5.36. The normalized spacial score (nSPS) is 51.9. The Balaban J connectivity index is 1.19. The molecule has 0 unspecified atom stereocenters. The fraction of sp³-hybridized carbons (Fsp3) is 0.767. The zero-order valence-corrected chi connectivity index (χ0v) is 21.5. The maximum atomic E-state index is 12.6. The van der Waals surface area contributed by atoms with E-state index in [0.717, 1.165) is 19.3 Å². The summed E-state index contributed by atoms with van der Waals surface area (Å²) in [5.74, 6) is 1.94. The van der Waals surface area contributed by atoms with Gasteiger partial charge in [0, 0.05) is 24.2 Å². The summed E-state index contributed by atoms with van der Waals surface area (Å²) < 4.78 is 25.2. The lowest BCUT2D eigenvalue weighted by atomic mass is 9.46. The van der Waals surface area contributed by atoms with Crippen molar-refractivity contribution in [3.63, 3.8) is 0 Å². The molecule has 0 aromatic rings. The summed E-state index contributed by atoms with van der Waals surface area (Å²) in [6, 6.07) is 0. The third kappa shape index (κ3) is 2.78. The molecule has 2 bridgehead atoms. The highest BCUT2D eigenvalue weighted by Gasteiger charge is 2.67. The minimum absolute atomic E-state index is 0.0486. The second-order valence-corrected chi connectivity index (χ2v) is 13.1. The van der Waals surface area contributed by atoms with Crippen molar-refractivity contribution in [3.8, 4) is 0 Å². The van der Waals surface area contributed by atoms with Crippen LogP contribution in [0.2, 0.25) is 0 Å². The molecule has 1 spiro atoms. The molecule has 5 fully saturated rings. The Hall–Kier alpha value is -1.43. The van der Waals surface area contributed by atoms with Crippen molar-refractivity contribution in [2.75, 3.05) is 19.8 Å². The van der Waals surface area contributed by atoms with Gasteiger partial charge in [-0.15, -0.1) is 0 Å². The second kappa shape index (κ2) is 7.33. The lowest BCUT2D eigenvalue weighted by Gasteiger charge is -2.61. The number of allylic oxidation sites excluding steroid dienone is 2. The van der Waals surface area contributed by atoms with E-state index in [1.807, 2.05) is 6.92 Å². The molecule has 4 aliphatic carbocycles. The Kier molecular flexibility index (Phi) is 4.76. The minimum atomic E-state index is -0.559. The van der Waals surface area contributed by atoms with Crippen molar-refractivity contribution in [1.29, 1.82) is 0 Å². The monoisotopic (exact) mass is 480 g/mol. The van der Waals surface area contributed by atoms with Gasteiger partial charge < -0.3 is 18.9 Å². The molecule has 7 aliphatic rings. The highest BCUT2D eigenvalue weighted by atomic mass is 16.7. The molecule has 2 saturated carbocycles. The van der Waals surface area contributed by atoms with Crippen LogP contribution in [-0.4, -0.2) is 43.3 Å². The average Bonchev–Trinajstić information content (AvgIpc) is 3.44. The maximum absolute atomic E-state index is 12.6. The predicted molar refractivity (Wildman–Crippen MR) is 131 cm³/mol. The van der Waals surface area contributed by atoms with Gasteiger partial charge in [-0.3, -0.25) is 0 Å². The summed E-state index contributed by atoms with van der Waals surface area (Å²) in [7, 11) is 0. The molecular formula is C30H40O5. The fourth-order valence-electron chi connectivity index (χ4n) is 10.1. The maximum Gasteiger partial charge on any atom is 0.336 e. The van der Waals surface area contributed by atoms with Crippen molar-refractivity contribution < 1.29 is 23.7 Å². The van der Waals surface area contributed by atoms with Gasteiger partial charge in [0.1, 0.15) is 11.7 Å². The van der Waals surface area contributed by atoms with Crippen LogP contribution in [0.25, 0.3) is 0 Å². The first kappa shape index (κ1) is 22.7. The van der Waals surface area contributed by atoms with Crippen LogP contribution in [0.1, 0.15) is 65.7 Å². The Morgan fingerprint density at radius 2 is 1.71 bits per heavy atom. The van der Waals surface area contributed by atoms with Crippen molar-refractivity contribution in [2.24, 2.45) is 40.4 Å². The molecular weight excluding hydrogens is 440 g/mol. The van der Waals surface area contributed by atoms with Crippen LogP contribution in [0.15, 0.2) is 36.0 Å². The molecule has 0 aromatic carbocycles. The van der Waals surface area contributed by atoms with Crippen molar-refractivity contribution in [3.05, 3.63) is 36.0 Å². The number of carbonyl (C=O) groups is 1. The molecule has 7 rings (SSSR count). The van der Waals surface area contributed by atoms with Crippen LogP contribution < -0.4 is 0 Å². The topological polar surface area (TPSA) is 54.0 Å². The van der Waals surface area contributed by atoms with Gasteiger partial charge in [0.2, 0.25) is 0 Å². The van der Waals surface area contributed by atoms with E-state index in [2.05, 4.69) is 38.7 Å². The van der Waals surface area contributed by atoms with Crippen LogP contribution in [-0.2, 0) is 23.7 Å². The summed E-state index contributed by atoms with van der Waals surface area (Å²) in [4.78, 5) is 12.6. The Morgan fingerprint density at radius 1 is 0.971 bits per heavy atom. The number of hydrogen-bond donors (Lipinski definition) is 0. The average molecular weight is 481 g/mol. The van der Waals surface area contributed by atoms with E-state index in [1.165, 1.54) is 31.3 Å². The van der Waals surface area contributed by atoms with Crippen LogP contribution in [0.5, 0.6) is 0 Å². The Labute approximate surface area is 209 Å². The molecule has 0 N–H and O–H groups in total. The lowest BCUT2D eigenvalue weighted by molar-refractivity contribution is -0.252. The smallest absolute Gasteiger partial charge is 0.336 e. The molecule has 190 valence electrons. The quantitative estimate of drug-likeness (QED) is 0.374. The Bertz CT molecular complexity index is 1020. The van der Waals surface area contributed by atoms with Gasteiger partial charge in [-0.25, -0.2) is 4.79 Å². The van der Waals surface area contributed by atoms with Gasteiger partial charge >= 0.3 is 5.97 Å². The van der Waals surface area contributed by atoms with Gasteiger partial charge in [-0.2, -0.15) is 0 Å². The van der Waals surface area contributed by atoms with Crippen LogP contribution in [0, 0.1) is 40.4 Å². The molecule has 3 heterocycles. The van der Waals surface area contributed by atoms with E-state index in [1.54, 1.807) is 0 Å². The zero-order valence-electron chi connectivity index (χ0n) is 21.5. The minimum Gasteiger partial charge on any atom is -0.458 e. The van der Waals surface area contributed by atoms with Crippen LogP contribution >= 0.6 is 0 Å². The van der Waals surface area contributed by atoms with E-state index in [-0.39, 0.29) is 28.8 Å². The molecule has 0 amide bonds. The summed E-state index contributed by atoms with van der Waals surface area (Å²) in [5, 5.41) is 0. The molecule has 5 nitrogen and oxygen atoms in total. The SMILES string of the molecule is C=C1C(=O)O[C@@H]2C[C@@]1(C)OC[C@H]2[C@H]1CC[C@H]2[C@@H]3CC=C4C=CCC5(OCCO5)[C@]4(C)[C@H]3CC[C@]12C. The van der Waals surface area contributed by atoms with E-state index >= 15 is 0 Å². The Morgan fingerprint density at radius 3 is 2.49 bits per heavy atom. The lowest BCUT2D eigenvalue weighted by Crippen LogP contribution is -2.60. The van der Waals surface area contributed by atoms with Gasteiger partial charge in [-0.05, 0) is 73.7 Å². The van der Waals surface area contributed by atoms with Crippen molar-refractivity contribution in [1.82, 2.24) is 0 Å². The van der Waals surface area contributed by atoms with Crippen LogP contribution in [0.4, 0.5) is 0 Å². The highest BCUT2D eigenvalue weighted by Crippen LogP contribution is 2.69. The largest absolute Gasteiger partial charge is 0.458 e. The summed E-state index contributed by atoms with van der Waals surface area (Å²) in [6.45, 7) is 13.0. The molecule has 35 heavy (non-hydrogen) atoms. The molecule has 0 aromatic heterocycles. The van der Waals surface area contributed by atoms with Gasteiger partial charge in [0.05, 0.1) is 25.4 Å². The van der Waals surface area contributed by atoms with E-state index in [9.17, 15) is 4.79 Å². The van der Waals surface area contributed by atoms with Gasteiger partial charge in [0.15, 0.2) is 5.79 Å². The summed E-state index contributed by atoms with van der Waals surface area (Å²) in [6.07, 6.45) is 14.7. The summed E-state index contributed by atoms with van der Waals surface area (Å²) in [5.41, 5.74) is 1.51. The first-order valence-electron chi connectivity index (χ1n) is 13.9. The number of rotatable bonds is 1. The first-order valence-corrected chi connectivity index (χ1v) is 13.9. The third-order valence-corrected chi connectivity index (χ3v) is 12.0. The van der Waals surface area contributed by atoms with E-state index in [0.29, 0.717) is 49.1 Å².